The van der Waals surface area contributed by atoms with Gasteiger partial charge in [-0.1, -0.05) is 19.9 Å². The van der Waals surface area contributed by atoms with Crippen molar-refractivity contribution in [3.8, 4) is 5.75 Å². The molecule has 1 fully saturated rings. The van der Waals surface area contributed by atoms with Gasteiger partial charge in [0.15, 0.2) is 0 Å². The molecule has 5 nitrogen and oxygen atoms in total. The molecule has 0 saturated carbocycles. The van der Waals surface area contributed by atoms with Crippen molar-refractivity contribution in [1.29, 1.82) is 0 Å². The number of carbonyl (C=O) groups excluding carboxylic acids is 2. The zero-order valence-electron chi connectivity index (χ0n) is 12.1. The SMILES string of the molecule is COc1cccc(N2C[C@@H](NC(=O)C(C)C)CC2=O)c1. The first-order chi connectivity index (χ1) is 9.51. The van der Waals surface area contributed by atoms with Crippen LogP contribution in [0, 0.1) is 5.92 Å². The number of benzene rings is 1. The van der Waals surface area contributed by atoms with Crippen LogP contribution in [0.2, 0.25) is 0 Å². The lowest BCUT2D eigenvalue weighted by Crippen LogP contribution is -2.39. The van der Waals surface area contributed by atoms with Crippen LogP contribution in [0.4, 0.5) is 5.69 Å². The van der Waals surface area contributed by atoms with Gasteiger partial charge in [-0.2, -0.15) is 0 Å². The number of nitrogens with one attached hydrogen (secondary N) is 1. The van der Waals surface area contributed by atoms with Crippen LogP contribution in [-0.2, 0) is 9.59 Å². The van der Waals surface area contributed by atoms with Crippen molar-refractivity contribution in [2.45, 2.75) is 26.3 Å². The second-order valence-corrected chi connectivity index (χ2v) is 5.27. The van der Waals surface area contributed by atoms with E-state index in [2.05, 4.69) is 5.32 Å². The predicted molar refractivity (Wildman–Crippen MR) is 76.7 cm³/mol. The number of ether oxygens (including phenoxy) is 1. The van der Waals surface area contributed by atoms with Crippen LogP contribution in [0.1, 0.15) is 20.3 Å². The van der Waals surface area contributed by atoms with Crippen LogP contribution < -0.4 is 15.0 Å². The summed E-state index contributed by atoms with van der Waals surface area (Å²) in [6.07, 6.45) is 0.343. The van der Waals surface area contributed by atoms with Crippen molar-refractivity contribution in [2.75, 3.05) is 18.6 Å². The molecule has 5 heteroatoms. The standard InChI is InChI=1S/C15H20N2O3/c1-10(2)15(19)16-11-7-14(18)17(9-11)12-5-4-6-13(8-12)20-3/h4-6,8,10-11H,7,9H2,1-3H3,(H,16,19)/t11-/m0/s1. The molecule has 0 radical (unpaired) electrons. The molecule has 1 saturated heterocycles. The molecule has 1 aromatic carbocycles. The maximum atomic E-state index is 12.1. The summed E-state index contributed by atoms with van der Waals surface area (Å²) in [6, 6.07) is 7.25. The second-order valence-electron chi connectivity index (χ2n) is 5.27. The van der Waals surface area contributed by atoms with Crippen LogP contribution in [-0.4, -0.2) is 31.5 Å². The number of carbonyl (C=O) groups is 2. The van der Waals surface area contributed by atoms with E-state index in [0.717, 1.165) is 5.69 Å². The Hall–Kier alpha value is -2.04. The summed E-state index contributed by atoms with van der Waals surface area (Å²) >= 11 is 0. The third kappa shape index (κ3) is 3.10. The molecule has 1 heterocycles. The fourth-order valence-corrected chi connectivity index (χ4v) is 2.20. The number of rotatable bonds is 4. The Morgan fingerprint density at radius 1 is 1.45 bits per heavy atom. The summed E-state index contributed by atoms with van der Waals surface area (Å²) in [5.74, 6) is 0.642. The van der Waals surface area contributed by atoms with Crippen LogP contribution in [0.3, 0.4) is 0 Å². The van der Waals surface area contributed by atoms with Gasteiger partial charge in [0.25, 0.3) is 0 Å². The summed E-state index contributed by atoms with van der Waals surface area (Å²) in [5.41, 5.74) is 0.802. The molecule has 0 spiro atoms. The molecule has 0 bridgehead atoms. The Bertz CT molecular complexity index is 514. The average molecular weight is 276 g/mol. The molecule has 108 valence electrons. The van der Waals surface area contributed by atoms with E-state index in [-0.39, 0.29) is 23.8 Å². The van der Waals surface area contributed by atoms with Gasteiger partial charge < -0.3 is 15.0 Å². The van der Waals surface area contributed by atoms with Crippen LogP contribution in [0.5, 0.6) is 5.75 Å². The molecule has 20 heavy (non-hydrogen) atoms. The van der Waals surface area contributed by atoms with E-state index >= 15 is 0 Å². The number of anilines is 1. The first kappa shape index (κ1) is 14.4. The zero-order valence-corrected chi connectivity index (χ0v) is 12.1. The highest BCUT2D eigenvalue weighted by Crippen LogP contribution is 2.25. The normalized spacial score (nSPS) is 18.5. The maximum Gasteiger partial charge on any atom is 0.229 e. The largest absolute Gasteiger partial charge is 0.497 e. The van der Waals surface area contributed by atoms with E-state index in [1.165, 1.54) is 0 Å². The minimum atomic E-state index is -0.122. The first-order valence-corrected chi connectivity index (χ1v) is 6.76. The van der Waals surface area contributed by atoms with Crippen molar-refractivity contribution in [3.63, 3.8) is 0 Å². The van der Waals surface area contributed by atoms with Gasteiger partial charge in [-0.25, -0.2) is 0 Å². The lowest BCUT2D eigenvalue weighted by atomic mass is 10.2. The van der Waals surface area contributed by atoms with Gasteiger partial charge in [0, 0.05) is 30.6 Å². The Morgan fingerprint density at radius 3 is 2.85 bits per heavy atom. The topological polar surface area (TPSA) is 58.6 Å². The van der Waals surface area contributed by atoms with Gasteiger partial charge in [-0.05, 0) is 12.1 Å². The maximum absolute atomic E-state index is 12.1. The Morgan fingerprint density at radius 2 is 2.20 bits per heavy atom. The van der Waals surface area contributed by atoms with E-state index < -0.39 is 0 Å². The van der Waals surface area contributed by atoms with Crippen molar-refractivity contribution >= 4 is 17.5 Å². The monoisotopic (exact) mass is 276 g/mol. The van der Waals surface area contributed by atoms with Crippen molar-refractivity contribution in [3.05, 3.63) is 24.3 Å². The fourth-order valence-electron chi connectivity index (χ4n) is 2.20. The van der Waals surface area contributed by atoms with E-state index in [4.69, 9.17) is 4.74 Å². The molecule has 0 unspecified atom stereocenters. The Labute approximate surface area is 118 Å². The van der Waals surface area contributed by atoms with E-state index in [9.17, 15) is 9.59 Å². The van der Waals surface area contributed by atoms with Gasteiger partial charge >= 0.3 is 0 Å². The molecular weight excluding hydrogens is 256 g/mol. The Kier molecular flexibility index (Phi) is 4.27. The van der Waals surface area contributed by atoms with Crippen molar-refractivity contribution < 1.29 is 14.3 Å². The minimum Gasteiger partial charge on any atom is -0.497 e. The first-order valence-electron chi connectivity index (χ1n) is 6.76. The highest BCUT2D eigenvalue weighted by atomic mass is 16.5. The van der Waals surface area contributed by atoms with Crippen molar-refractivity contribution in [2.24, 2.45) is 5.92 Å². The van der Waals surface area contributed by atoms with Crippen LogP contribution in [0.15, 0.2) is 24.3 Å². The van der Waals surface area contributed by atoms with Crippen LogP contribution in [0.25, 0.3) is 0 Å². The minimum absolute atomic E-state index is 0.0182. The zero-order chi connectivity index (χ0) is 14.7. The summed E-state index contributed by atoms with van der Waals surface area (Å²) in [5, 5.41) is 2.90. The predicted octanol–water partition coefficient (Wildman–Crippen LogP) is 1.57. The molecule has 0 aliphatic carbocycles. The smallest absolute Gasteiger partial charge is 0.229 e. The number of nitrogens with zero attached hydrogens (tertiary/aromatic N) is 1. The number of methoxy groups -OCH3 is 1. The molecule has 2 rings (SSSR count). The van der Waals surface area contributed by atoms with Gasteiger partial charge in [-0.3, -0.25) is 9.59 Å². The molecular formula is C15H20N2O3. The molecule has 1 aliphatic heterocycles. The molecule has 2 amide bonds. The van der Waals surface area contributed by atoms with Crippen molar-refractivity contribution in [1.82, 2.24) is 5.32 Å². The van der Waals surface area contributed by atoms with E-state index in [0.29, 0.717) is 18.7 Å². The van der Waals surface area contributed by atoms with Crippen LogP contribution >= 0.6 is 0 Å². The lowest BCUT2D eigenvalue weighted by Gasteiger charge is -2.18. The van der Waals surface area contributed by atoms with Gasteiger partial charge in [0.05, 0.1) is 13.2 Å². The van der Waals surface area contributed by atoms with E-state index in [1.807, 2.05) is 38.1 Å². The summed E-state index contributed by atoms with van der Waals surface area (Å²) in [6.45, 7) is 4.18. The lowest BCUT2D eigenvalue weighted by molar-refractivity contribution is -0.124. The summed E-state index contributed by atoms with van der Waals surface area (Å²) < 4.78 is 5.16. The molecule has 1 aromatic rings. The number of hydrogen-bond donors (Lipinski definition) is 1. The number of hydrogen-bond acceptors (Lipinski definition) is 3. The fraction of sp³-hybridized carbons (Fsp3) is 0.467. The quantitative estimate of drug-likeness (QED) is 0.908. The molecule has 1 N–H and O–H groups in total. The molecule has 0 aromatic heterocycles. The average Bonchev–Trinajstić information content (AvgIpc) is 2.79. The Balaban J connectivity index is 2.07. The molecule has 1 atom stereocenters. The highest BCUT2D eigenvalue weighted by Gasteiger charge is 2.32. The number of amides is 2. The van der Waals surface area contributed by atoms with E-state index in [1.54, 1.807) is 12.0 Å². The van der Waals surface area contributed by atoms with Gasteiger partial charge in [0.2, 0.25) is 11.8 Å². The summed E-state index contributed by atoms with van der Waals surface area (Å²) in [4.78, 5) is 25.4. The second kappa shape index (κ2) is 5.94. The van der Waals surface area contributed by atoms with Gasteiger partial charge in [0.1, 0.15) is 5.75 Å². The highest BCUT2D eigenvalue weighted by molar-refractivity contribution is 5.97. The third-order valence-corrected chi connectivity index (χ3v) is 3.36. The summed E-state index contributed by atoms with van der Waals surface area (Å²) in [7, 11) is 1.59. The molecule has 1 aliphatic rings. The van der Waals surface area contributed by atoms with Gasteiger partial charge in [-0.15, -0.1) is 0 Å². The third-order valence-electron chi connectivity index (χ3n) is 3.36.